The molecule has 2 aromatic carbocycles. The average molecular weight is 467 g/mol. The zero-order chi connectivity index (χ0) is 22.5. The lowest BCUT2D eigenvalue weighted by molar-refractivity contribution is -0.115. The number of methoxy groups -OCH3 is 1. The Kier molecular flexibility index (Phi) is 6.81. The zero-order valence-electron chi connectivity index (χ0n) is 17.9. The van der Waals surface area contributed by atoms with Crippen LogP contribution < -0.4 is 9.64 Å². The molecule has 0 aliphatic carbocycles. The summed E-state index contributed by atoms with van der Waals surface area (Å²) < 4.78 is 6.96. The number of hydrogen-bond acceptors (Lipinski definition) is 8. The lowest BCUT2D eigenvalue weighted by Gasteiger charge is -2.18. The summed E-state index contributed by atoms with van der Waals surface area (Å²) in [5, 5.41) is 15.4. The van der Waals surface area contributed by atoms with Crippen molar-refractivity contribution in [3.05, 3.63) is 70.7 Å². The molecule has 0 saturated carbocycles. The van der Waals surface area contributed by atoms with Gasteiger partial charge in [0.15, 0.2) is 5.13 Å². The third-order valence-corrected chi connectivity index (χ3v) is 6.51. The fourth-order valence-corrected chi connectivity index (χ4v) is 4.86. The van der Waals surface area contributed by atoms with Crippen molar-refractivity contribution < 1.29 is 9.53 Å². The van der Waals surface area contributed by atoms with Crippen LogP contribution in [0.1, 0.15) is 23.7 Å². The number of hydrogen-bond donors (Lipinski definition) is 0. The van der Waals surface area contributed by atoms with Crippen LogP contribution >= 0.6 is 23.1 Å². The maximum absolute atomic E-state index is 12.3. The predicted octanol–water partition coefficient (Wildman–Crippen LogP) is 4.47. The number of aryl methyl sites for hydroxylation is 1. The first kappa shape index (κ1) is 22.0. The molecule has 2 aromatic heterocycles. The standard InChI is InChI=1S/C22H22N6O2S2/c1-15-5-4-6-19(11-15)28(16(2)29)21-23-18(13-31-21)14-32-22-24-25-26-27(22)12-17-7-9-20(30-3)10-8-17/h4-11,13H,12,14H2,1-3H3. The first-order valence-corrected chi connectivity index (χ1v) is 11.7. The second kappa shape index (κ2) is 9.92. The van der Waals surface area contributed by atoms with E-state index < -0.39 is 0 Å². The molecule has 10 heteroatoms. The van der Waals surface area contributed by atoms with E-state index in [1.54, 1.807) is 23.6 Å². The molecule has 0 bridgehead atoms. The van der Waals surface area contributed by atoms with Crippen LogP contribution in [0.2, 0.25) is 0 Å². The minimum absolute atomic E-state index is 0.0763. The first-order chi connectivity index (χ1) is 15.5. The van der Waals surface area contributed by atoms with E-state index in [9.17, 15) is 4.79 Å². The Hall–Kier alpha value is -3.24. The molecular weight excluding hydrogens is 444 g/mol. The highest BCUT2D eigenvalue weighted by Crippen LogP contribution is 2.31. The first-order valence-electron chi connectivity index (χ1n) is 9.87. The second-order valence-corrected chi connectivity index (χ2v) is 8.85. The molecule has 4 rings (SSSR count). The summed E-state index contributed by atoms with van der Waals surface area (Å²) in [6, 6.07) is 15.6. The van der Waals surface area contributed by atoms with Crippen LogP contribution in [-0.4, -0.2) is 38.2 Å². The van der Waals surface area contributed by atoms with Crippen molar-refractivity contribution in [3.63, 3.8) is 0 Å². The van der Waals surface area contributed by atoms with Crippen LogP contribution in [0.5, 0.6) is 5.75 Å². The van der Waals surface area contributed by atoms with Crippen molar-refractivity contribution in [2.75, 3.05) is 12.0 Å². The lowest BCUT2D eigenvalue weighted by atomic mass is 10.2. The van der Waals surface area contributed by atoms with Crippen LogP contribution in [0.25, 0.3) is 0 Å². The molecule has 0 aliphatic rings. The Bertz CT molecular complexity index is 1210. The lowest BCUT2D eigenvalue weighted by Crippen LogP contribution is -2.22. The number of nitrogens with zero attached hydrogens (tertiary/aromatic N) is 6. The number of thiazole rings is 1. The molecule has 4 aromatic rings. The highest BCUT2D eigenvalue weighted by Gasteiger charge is 2.18. The van der Waals surface area contributed by atoms with Crippen LogP contribution in [-0.2, 0) is 17.1 Å². The van der Waals surface area contributed by atoms with E-state index >= 15 is 0 Å². The van der Waals surface area contributed by atoms with Crippen molar-refractivity contribution in [3.8, 4) is 5.75 Å². The van der Waals surface area contributed by atoms with Crippen molar-refractivity contribution in [2.45, 2.75) is 31.3 Å². The van der Waals surface area contributed by atoms with E-state index in [1.165, 1.54) is 23.1 Å². The van der Waals surface area contributed by atoms with Crippen LogP contribution in [0.15, 0.2) is 59.1 Å². The highest BCUT2D eigenvalue weighted by molar-refractivity contribution is 7.98. The molecule has 1 amide bonds. The summed E-state index contributed by atoms with van der Waals surface area (Å²) >= 11 is 2.95. The SMILES string of the molecule is COc1ccc(Cn2nnnc2SCc2csc(N(C(C)=O)c3cccc(C)c3)n2)cc1. The van der Waals surface area contributed by atoms with Gasteiger partial charge < -0.3 is 4.74 Å². The van der Waals surface area contributed by atoms with E-state index in [-0.39, 0.29) is 5.91 Å². The van der Waals surface area contributed by atoms with Gasteiger partial charge in [-0.05, 0) is 52.7 Å². The number of ether oxygens (including phenoxy) is 1. The molecule has 0 aliphatic heterocycles. The van der Waals surface area contributed by atoms with Gasteiger partial charge in [-0.25, -0.2) is 9.67 Å². The third-order valence-electron chi connectivity index (χ3n) is 4.65. The zero-order valence-corrected chi connectivity index (χ0v) is 19.6. The van der Waals surface area contributed by atoms with Crippen LogP contribution in [0, 0.1) is 6.92 Å². The number of amides is 1. The number of tetrazole rings is 1. The van der Waals surface area contributed by atoms with Crippen LogP contribution in [0.3, 0.4) is 0 Å². The Balaban J connectivity index is 1.44. The molecule has 32 heavy (non-hydrogen) atoms. The topological polar surface area (TPSA) is 86.0 Å². The molecule has 0 spiro atoms. The minimum atomic E-state index is -0.0763. The van der Waals surface area contributed by atoms with Gasteiger partial charge in [-0.3, -0.25) is 9.69 Å². The van der Waals surface area contributed by atoms with Crippen LogP contribution in [0.4, 0.5) is 10.8 Å². The van der Waals surface area contributed by atoms with Gasteiger partial charge in [0.25, 0.3) is 0 Å². The molecule has 0 unspecified atom stereocenters. The number of carbonyl (C=O) groups excluding carboxylic acids is 1. The molecule has 164 valence electrons. The predicted molar refractivity (Wildman–Crippen MR) is 126 cm³/mol. The summed E-state index contributed by atoms with van der Waals surface area (Å²) in [6.45, 7) is 4.11. The normalized spacial score (nSPS) is 10.8. The number of rotatable bonds is 8. The monoisotopic (exact) mass is 466 g/mol. The number of anilines is 2. The smallest absolute Gasteiger partial charge is 0.230 e. The molecule has 0 radical (unpaired) electrons. The second-order valence-electron chi connectivity index (χ2n) is 7.07. The van der Waals surface area contributed by atoms with Crippen molar-refractivity contribution in [2.24, 2.45) is 0 Å². The number of benzene rings is 2. The molecular formula is C22H22N6O2S2. The third kappa shape index (κ3) is 5.14. The quantitative estimate of drug-likeness (QED) is 0.354. The summed E-state index contributed by atoms with van der Waals surface area (Å²) in [4.78, 5) is 18.6. The van der Waals surface area contributed by atoms with Gasteiger partial charge in [-0.1, -0.05) is 36.0 Å². The summed E-state index contributed by atoms with van der Waals surface area (Å²) in [5.41, 5.74) is 3.85. The van der Waals surface area contributed by atoms with E-state index in [4.69, 9.17) is 4.74 Å². The number of carbonyl (C=O) groups is 1. The molecule has 2 heterocycles. The molecule has 0 fully saturated rings. The molecule has 8 nitrogen and oxygen atoms in total. The van der Waals surface area contributed by atoms with E-state index in [0.29, 0.717) is 22.6 Å². The van der Waals surface area contributed by atoms with Crippen molar-refractivity contribution in [1.82, 2.24) is 25.2 Å². The fourth-order valence-electron chi connectivity index (χ4n) is 3.10. The van der Waals surface area contributed by atoms with Gasteiger partial charge in [-0.2, -0.15) is 0 Å². The molecule has 0 atom stereocenters. The fraction of sp³-hybridized carbons (Fsp3) is 0.227. The summed E-state index contributed by atoms with van der Waals surface area (Å²) in [7, 11) is 1.64. The maximum Gasteiger partial charge on any atom is 0.230 e. The van der Waals surface area contributed by atoms with Gasteiger partial charge in [0.2, 0.25) is 11.1 Å². The number of aromatic nitrogens is 5. The Morgan fingerprint density at radius 3 is 2.75 bits per heavy atom. The van der Waals surface area contributed by atoms with E-state index in [0.717, 1.165) is 28.3 Å². The number of thioether (sulfide) groups is 1. The van der Waals surface area contributed by atoms with E-state index in [2.05, 4.69) is 20.5 Å². The van der Waals surface area contributed by atoms with Gasteiger partial charge in [-0.15, -0.1) is 16.4 Å². The minimum Gasteiger partial charge on any atom is -0.497 e. The molecule has 0 N–H and O–H groups in total. The average Bonchev–Trinajstić information content (AvgIpc) is 3.42. The Morgan fingerprint density at radius 1 is 1.22 bits per heavy atom. The van der Waals surface area contributed by atoms with Crippen molar-refractivity contribution in [1.29, 1.82) is 0 Å². The molecule has 0 saturated heterocycles. The van der Waals surface area contributed by atoms with Gasteiger partial charge in [0, 0.05) is 18.1 Å². The summed E-state index contributed by atoms with van der Waals surface area (Å²) in [6.07, 6.45) is 0. The van der Waals surface area contributed by atoms with Gasteiger partial charge in [0.1, 0.15) is 5.75 Å². The largest absolute Gasteiger partial charge is 0.497 e. The highest BCUT2D eigenvalue weighted by atomic mass is 32.2. The Labute approximate surface area is 194 Å². The van der Waals surface area contributed by atoms with Gasteiger partial charge >= 0.3 is 0 Å². The maximum atomic E-state index is 12.3. The van der Waals surface area contributed by atoms with Crippen molar-refractivity contribution >= 4 is 39.8 Å². The van der Waals surface area contributed by atoms with E-state index in [1.807, 2.05) is 60.8 Å². The summed E-state index contributed by atoms with van der Waals surface area (Å²) in [5.74, 6) is 1.33. The Morgan fingerprint density at radius 2 is 2.03 bits per heavy atom. The van der Waals surface area contributed by atoms with Gasteiger partial charge in [0.05, 0.1) is 25.0 Å².